The zero-order chi connectivity index (χ0) is 7.78. The van der Waals surface area contributed by atoms with Crippen LogP contribution in [0, 0.1) is 5.21 Å². The number of nitrogens with zero attached hydrogens (tertiary/aromatic N) is 2. The third-order valence-corrected chi connectivity index (χ3v) is 1.13. The predicted octanol–water partition coefficient (Wildman–Crippen LogP) is -0.0647. The summed E-state index contributed by atoms with van der Waals surface area (Å²) in [5, 5.41) is 10.9. The van der Waals surface area contributed by atoms with E-state index < -0.39 is 10.7 Å². The van der Waals surface area contributed by atoms with Gasteiger partial charge in [0.1, 0.15) is 12.0 Å². The lowest BCUT2D eigenvalue weighted by molar-refractivity contribution is -0.718. The van der Waals surface area contributed by atoms with Crippen molar-refractivity contribution in [2.45, 2.75) is 0 Å². The molecule has 0 aromatic heterocycles. The van der Waals surface area contributed by atoms with Crippen molar-refractivity contribution in [1.29, 1.82) is 0 Å². The van der Waals surface area contributed by atoms with E-state index in [4.69, 9.17) is 5.73 Å². The Bertz CT molecular complexity index is 229. The number of carbonyl (C=O) groups excluding carboxylic acids is 1. The number of hydrogen-bond donors (Lipinski definition) is 1. The van der Waals surface area contributed by atoms with Crippen molar-refractivity contribution >= 4 is 11.9 Å². The number of quaternary nitrogens is 1. The van der Waals surface area contributed by atoms with Crippen molar-refractivity contribution in [1.82, 2.24) is 0 Å². The molecule has 10 heavy (non-hydrogen) atoms. The van der Waals surface area contributed by atoms with Crippen molar-refractivity contribution in [3.63, 3.8) is 0 Å². The zero-order valence-corrected chi connectivity index (χ0v) is 5.44. The summed E-state index contributed by atoms with van der Waals surface area (Å²) in [5.74, 6) is 0.0800. The third-order valence-electron chi connectivity index (χ3n) is 1.13. The number of nitrogens with two attached hydrogens (primary N) is 1. The van der Waals surface area contributed by atoms with E-state index in [0.29, 0.717) is 0 Å². The number of rotatable bonds is 0. The Hall–Kier alpha value is -1.20. The molecule has 0 aliphatic carbocycles. The van der Waals surface area contributed by atoms with Crippen molar-refractivity contribution in [3.8, 4) is 0 Å². The molecule has 0 saturated carbocycles. The van der Waals surface area contributed by atoms with Crippen LogP contribution in [0.3, 0.4) is 0 Å². The lowest BCUT2D eigenvalue weighted by atomic mass is 10.5. The molecule has 1 rings (SSSR count). The maximum Gasteiger partial charge on any atom is 0.448 e. The Kier molecular flexibility index (Phi) is 1.31. The average Bonchev–Trinajstić information content (AvgIpc) is 1.81. The molecule has 0 saturated heterocycles. The highest BCUT2D eigenvalue weighted by Crippen LogP contribution is 2.08. The first kappa shape index (κ1) is 6.91. The van der Waals surface area contributed by atoms with Crippen LogP contribution in [0.2, 0.25) is 0 Å². The molecule has 0 aromatic rings. The number of amidine groups is 1. The van der Waals surface area contributed by atoms with Gasteiger partial charge in [-0.2, -0.15) is 0 Å². The monoisotopic (exact) mass is 141 g/mol. The molecule has 0 spiro atoms. The molecule has 5 heteroatoms. The van der Waals surface area contributed by atoms with E-state index in [1.165, 1.54) is 13.1 Å². The van der Waals surface area contributed by atoms with Gasteiger partial charge in [-0.15, -0.1) is 4.99 Å². The van der Waals surface area contributed by atoms with Gasteiger partial charge >= 0.3 is 6.03 Å². The van der Waals surface area contributed by atoms with Crippen LogP contribution in [0.25, 0.3) is 0 Å². The lowest BCUT2D eigenvalue weighted by Gasteiger charge is -2.29. The Morgan fingerprint density at radius 3 is 2.80 bits per heavy atom. The van der Waals surface area contributed by atoms with Gasteiger partial charge in [0.25, 0.3) is 0 Å². The molecule has 1 unspecified atom stereocenters. The van der Waals surface area contributed by atoms with Crippen LogP contribution in [0.15, 0.2) is 17.3 Å². The van der Waals surface area contributed by atoms with E-state index in [1.807, 2.05) is 0 Å². The molecule has 2 amide bonds. The minimum atomic E-state index is -1.11. The number of amides is 2. The Morgan fingerprint density at radius 2 is 2.40 bits per heavy atom. The smallest absolute Gasteiger partial charge is 0.448 e. The van der Waals surface area contributed by atoms with E-state index in [1.54, 1.807) is 0 Å². The molecule has 2 N–H and O–H groups in total. The highest BCUT2D eigenvalue weighted by atomic mass is 16.6. The van der Waals surface area contributed by atoms with Crippen LogP contribution in [0.4, 0.5) is 4.79 Å². The van der Waals surface area contributed by atoms with Crippen molar-refractivity contribution < 1.29 is 9.44 Å². The van der Waals surface area contributed by atoms with Crippen LogP contribution in [-0.4, -0.2) is 23.6 Å². The zero-order valence-electron chi connectivity index (χ0n) is 5.44. The maximum absolute atomic E-state index is 10.9. The van der Waals surface area contributed by atoms with Gasteiger partial charge in [0.15, 0.2) is 0 Å². The van der Waals surface area contributed by atoms with E-state index >= 15 is 0 Å². The Balaban J connectivity index is 2.96. The quantitative estimate of drug-likeness (QED) is 0.379. The minimum Gasteiger partial charge on any atom is -0.619 e. The number of aliphatic imine (C=N–C) groups is 1. The highest BCUT2D eigenvalue weighted by molar-refractivity contribution is 5.99. The molecule has 1 aliphatic heterocycles. The van der Waals surface area contributed by atoms with Gasteiger partial charge in [-0.05, 0) is 0 Å². The molecular weight excluding hydrogens is 134 g/mol. The summed E-state index contributed by atoms with van der Waals surface area (Å²) in [4.78, 5) is 13.9. The summed E-state index contributed by atoms with van der Waals surface area (Å²) < 4.78 is -1.11. The molecule has 0 aromatic carbocycles. The summed E-state index contributed by atoms with van der Waals surface area (Å²) in [6.07, 6.45) is 2.46. The molecule has 1 atom stereocenters. The van der Waals surface area contributed by atoms with Gasteiger partial charge in [0, 0.05) is 6.08 Å². The summed E-state index contributed by atoms with van der Waals surface area (Å²) in [5.41, 5.74) is 5.14. The van der Waals surface area contributed by atoms with Gasteiger partial charge in [0.2, 0.25) is 0 Å². The Labute approximate surface area is 57.6 Å². The number of carbonyl (C=O) groups is 1. The normalized spacial score (nSPS) is 32.2. The van der Waals surface area contributed by atoms with E-state index in [9.17, 15) is 10.0 Å². The van der Waals surface area contributed by atoms with Crippen LogP contribution in [0.1, 0.15) is 0 Å². The van der Waals surface area contributed by atoms with E-state index in [2.05, 4.69) is 4.99 Å². The van der Waals surface area contributed by atoms with Crippen molar-refractivity contribution in [3.05, 3.63) is 17.5 Å². The fraction of sp³-hybridized carbons (Fsp3) is 0.200. The number of hydroxylamine groups is 3. The molecular formula is C5H7N3O2. The van der Waals surface area contributed by atoms with Crippen molar-refractivity contribution in [2.24, 2.45) is 10.7 Å². The predicted molar refractivity (Wildman–Crippen MR) is 35.7 cm³/mol. The van der Waals surface area contributed by atoms with Gasteiger partial charge in [-0.25, -0.2) is 4.79 Å². The highest BCUT2D eigenvalue weighted by Gasteiger charge is 2.22. The third kappa shape index (κ3) is 1.04. The second kappa shape index (κ2) is 1.89. The molecule has 0 radical (unpaired) electrons. The summed E-state index contributed by atoms with van der Waals surface area (Å²) >= 11 is 0. The fourth-order valence-electron chi connectivity index (χ4n) is 0.529. The fourth-order valence-corrected chi connectivity index (χ4v) is 0.529. The molecule has 0 fully saturated rings. The SMILES string of the molecule is C[N+]1([O-])C=CC(N)=NC1=O. The second-order valence-corrected chi connectivity index (χ2v) is 2.13. The summed E-state index contributed by atoms with van der Waals surface area (Å²) in [6, 6.07) is -0.792. The van der Waals surface area contributed by atoms with E-state index in [0.717, 1.165) is 6.20 Å². The largest absolute Gasteiger partial charge is 0.619 e. The minimum absolute atomic E-state index is 0.0800. The molecule has 54 valence electrons. The maximum atomic E-state index is 10.9. The van der Waals surface area contributed by atoms with Gasteiger partial charge in [-0.1, -0.05) is 0 Å². The van der Waals surface area contributed by atoms with Crippen molar-refractivity contribution in [2.75, 3.05) is 7.05 Å². The number of urea groups is 1. The number of hydrogen-bond acceptors (Lipinski definition) is 3. The Morgan fingerprint density at radius 1 is 1.80 bits per heavy atom. The van der Waals surface area contributed by atoms with Crippen LogP contribution in [-0.2, 0) is 0 Å². The topological polar surface area (TPSA) is 78.5 Å². The first-order valence-electron chi connectivity index (χ1n) is 2.67. The first-order chi connectivity index (χ1) is 4.52. The summed E-state index contributed by atoms with van der Waals surface area (Å²) in [7, 11) is 1.19. The van der Waals surface area contributed by atoms with Crippen LogP contribution < -0.4 is 5.73 Å². The standard InChI is InChI=1S/C5H7N3O2/c1-8(10)3-2-4(6)7-5(8)9/h2-3H,1H3,(H2,6,7,9). The summed E-state index contributed by atoms with van der Waals surface area (Å²) in [6.45, 7) is 0. The average molecular weight is 141 g/mol. The van der Waals surface area contributed by atoms with Gasteiger partial charge in [0.05, 0.1) is 7.05 Å². The van der Waals surface area contributed by atoms with E-state index in [-0.39, 0.29) is 5.84 Å². The molecule has 5 nitrogen and oxygen atoms in total. The first-order valence-corrected chi connectivity index (χ1v) is 2.67. The second-order valence-electron chi connectivity index (χ2n) is 2.13. The molecule has 1 aliphatic rings. The molecule has 1 heterocycles. The van der Waals surface area contributed by atoms with Gasteiger partial charge < -0.3 is 10.9 Å². The van der Waals surface area contributed by atoms with Crippen LogP contribution >= 0.6 is 0 Å². The van der Waals surface area contributed by atoms with Gasteiger partial charge in [-0.3, -0.25) is 4.65 Å². The molecule has 0 bridgehead atoms. The van der Waals surface area contributed by atoms with Crippen LogP contribution in [0.5, 0.6) is 0 Å². The lowest BCUT2D eigenvalue weighted by Crippen LogP contribution is -2.39.